The van der Waals surface area contributed by atoms with Gasteiger partial charge >= 0.3 is 0 Å². The van der Waals surface area contributed by atoms with Crippen LogP contribution in [0.25, 0.3) is 0 Å². The van der Waals surface area contributed by atoms with Crippen molar-refractivity contribution in [2.75, 3.05) is 125 Å². The standard InChI is InChI=1S/C29H61NO9/c1-2-31-20-21-33-15-8-3-6-13-32-14-7-4-9-16-34-22-23-35-17-10-5-11-18-36-24-26-38-28-29-39-27-25-37-19-12-30/h2-30H2,1H3. The van der Waals surface area contributed by atoms with Gasteiger partial charge in [-0.15, -0.1) is 0 Å². The smallest absolute Gasteiger partial charge is 0.0701 e. The predicted octanol–water partition coefficient (Wildman–Crippen LogP) is 3.63. The Morgan fingerprint density at radius 1 is 0.282 bits per heavy atom. The Balaban J connectivity index is 3.01. The lowest BCUT2D eigenvalue weighted by atomic mass is 10.2. The van der Waals surface area contributed by atoms with Gasteiger partial charge in [0.05, 0.1) is 72.7 Å². The van der Waals surface area contributed by atoms with Gasteiger partial charge in [0.15, 0.2) is 0 Å². The average Bonchev–Trinajstić information content (AvgIpc) is 2.95. The van der Waals surface area contributed by atoms with Crippen LogP contribution in [0.4, 0.5) is 0 Å². The van der Waals surface area contributed by atoms with Gasteiger partial charge in [0, 0.05) is 52.8 Å². The fourth-order valence-electron chi connectivity index (χ4n) is 3.39. The highest BCUT2D eigenvalue weighted by molar-refractivity contribution is 4.45. The summed E-state index contributed by atoms with van der Waals surface area (Å²) in [6.45, 7) is 14.9. The van der Waals surface area contributed by atoms with Crippen molar-refractivity contribution >= 4 is 0 Å². The Morgan fingerprint density at radius 3 is 0.795 bits per heavy atom. The number of ether oxygens (including phenoxy) is 9. The van der Waals surface area contributed by atoms with Crippen molar-refractivity contribution in [1.82, 2.24) is 0 Å². The molecule has 39 heavy (non-hydrogen) atoms. The first-order valence-corrected chi connectivity index (χ1v) is 15.3. The van der Waals surface area contributed by atoms with Crippen LogP contribution in [0.5, 0.6) is 0 Å². The predicted molar refractivity (Wildman–Crippen MR) is 154 cm³/mol. The van der Waals surface area contributed by atoms with Crippen LogP contribution in [0.3, 0.4) is 0 Å². The van der Waals surface area contributed by atoms with Crippen LogP contribution >= 0.6 is 0 Å². The minimum Gasteiger partial charge on any atom is -0.381 e. The Kier molecular flexibility index (Phi) is 37.2. The third-order valence-corrected chi connectivity index (χ3v) is 5.56. The van der Waals surface area contributed by atoms with Crippen LogP contribution < -0.4 is 5.73 Å². The van der Waals surface area contributed by atoms with Crippen LogP contribution in [0, 0.1) is 0 Å². The molecular formula is C29H61NO9. The number of hydrogen-bond acceptors (Lipinski definition) is 10. The summed E-state index contributed by atoms with van der Waals surface area (Å²) in [6, 6.07) is 0. The van der Waals surface area contributed by atoms with Gasteiger partial charge in [-0.3, -0.25) is 0 Å². The van der Waals surface area contributed by atoms with Crippen LogP contribution in [0.1, 0.15) is 64.7 Å². The van der Waals surface area contributed by atoms with Crippen molar-refractivity contribution in [3.05, 3.63) is 0 Å². The average molecular weight is 568 g/mol. The van der Waals surface area contributed by atoms with Crippen LogP contribution in [-0.4, -0.2) is 125 Å². The molecule has 0 aromatic rings. The van der Waals surface area contributed by atoms with Gasteiger partial charge in [-0.1, -0.05) is 0 Å². The lowest BCUT2D eigenvalue weighted by Crippen LogP contribution is -2.14. The molecule has 10 heteroatoms. The van der Waals surface area contributed by atoms with E-state index in [9.17, 15) is 0 Å². The molecule has 0 saturated carbocycles. The summed E-state index contributed by atoms with van der Waals surface area (Å²) in [5.41, 5.74) is 5.34. The number of unbranched alkanes of at least 4 members (excludes halogenated alkanes) is 6. The van der Waals surface area contributed by atoms with Crippen LogP contribution in [0.15, 0.2) is 0 Å². The second-order valence-corrected chi connectivity index (χ2v) is 9.07. The highest BCUT2D eigenvalue weighted by Crippen LogP contribution is 2.01. The Labute approximate surface area is 238 Å². The number of hydrogen-bond donors (Lipinski definition) is 1. The first kappa shape index (κ1) is 38.6. The van der Waals surface area contributed by atoms with E-state index >= 15 is 0 Å². The molecule has 0 aliphatic rings. The molecule has 0 heterocycles. The Bertz CT molecular complexity index is 386. The van der Waals surface area contributed by atoms with Gasteiger partial charge in [-0.05, 0) is 64.7 Å². The summed E-state index contributed by atoms with van der Waals surface area (Å²) in [4.78, 5) is 0. The molecule has 0 aliphatic heterocycles. The third kappa shape index (κ3) is 37.6. The van der Waals surface area contributed by atoms with E-state index in [0.29, 0.717) is 79.2 Å². The van der Waals surface area contributed by atoms with E-state index in [1.807, 2.05) is 6.92 Å². The first-order valence-electron chi connectivity index (χ1n) is 15.3. The van der Waals surface area contributed by atoms with Crippen LogP contribution in [-0.2, 0) is 42.6 Å². The van der Waals surface area contributed by atoms with Crippen molar-refractivity contribution in [3.8, 4) is 0 Å². The molecule has 2 N–H and O–H groups in total. The van der Waals surface area contributed by atoms with E-state index < -0.39 is 0 Å². The van der Waals surface area contributed by atoms with Crippen molar-refractivity contribution in [2.24, 2.45) is 5.73 Å². The fourth-order valence-corrected chi connectivity index (χ4v) is 3.39. The van der Waals surface area contributed by atoms with E-state index in [4.69, 9.17) is 48.4 Å². The molecule has 0 bridgehead atoms. The molecule has 0 aromatic heterocycles. The molecule has 0 radical (unpaired) electrons. The topological polar surface area (TPSA) is 109 Å². The van der Waals surface area contributed by atoms with Crippen molar-refractivity contribution in [2.45, 2.75) is 64.7 Å². The van der Waals surface area contributed by atoms with Crippen LogP contribution in [0.2, 0.25) is 0 Å². The van der Waals surface area contributed by atoms with Crippen molar-refractivity contribution < 1.29 is 42.6 Å². The maximum atomic E-state index is 5.70. The summed E-state index contributed by atoms with van der Waals surface area (Å²) in [7, 11) is 0. The normalized spacial score (nSPS) is 11.5. The Hall–Kier alpha value is -0.400. The fraction of sp³-hybridized carbons (Fsp3) is 1.00. The van der Waals surface area contributed by atoms with Crippen molar-refractivity contribution in [1.29, 1.82) is 0 Å². The molecule has 0 amide bonds. The van der Waals surface area contributed by atoms with Gasteiger partial charge in [0.1, 0.15) is 0 Å². The zero-order chi connectivity index (χ0) is 28.2. The highest BCUT2D eigenvalue weighted by atomic mass is 16.6. The molecule has 0 aromatic carbocycles. The molecule has 0 atom stereocenters. The lowest BCUT2D eigenvalue weighted by molar-refractivity contribution is -0.00158. The lowest BCUT2D eigenvalue weighted by Gasteiger charge is -2.08. The maximum absolute atomic E-state index is 5.70. The molecule has 236 valence electrons. The molecule has 0 unspecified atom stereocenters. The Morgan fingerprint density at radius 2 is 0.513 bits per heavy atom. The van der Waals surface area contributed by atoms with Gasteiger partial charge in [-0.2, -0.15) is 0 Å². The zero-order valence-electron chi connectivity index (χ0n) is 25.1. The van der Waals surface area contributed by atoms with Crippen molar-refractivity contribution in [3.63, 3.8) is 0 Å². The van der Waals surface area contributed by atoms with Gasteiger partial charge in [0.25, 0.3) is 0 Å². The summed E-state index contributed by atoms with van der Waals surface area (Å²) in [5, 5.41) is 0. The van der Waals surface area contributed by atoms with Gasteiger partial charge < -0.3 is 48.4 Å². The summed E-state index contributed by atoms with van der Waals surface area (Å²) in [5.74, 6) is 0. The minimum absolute atomic E-state index is 0.541. The zero-order valence-corrected chi connectivity index (χ0v) is 25.1. The molecular weight excluding hydrogens is 506 g/mol. The third-order valence-electron chi connectivity index (χ3n) is 5.56. The summed E-state index contributed by atoms with van der Waals surface area (Å²) >= 11 is 0. The van der Waals surface area contributed by atoms with E-state index in [1.54, 1.807) is 0 Å². The largest absolute Gasteiger partial charge is 0.381 e. The van der Waals surface area contributed by atoms with E-state index in [-0.39, 0.29) is 0 Å². The molecule has 0 fully saturated rings. The SMILES string of the molecule is CCOCCOCCCCCOCCCCCOCCOCCCCCOCCOCCOCCOCCN. The second-order valence-electron chi connectivity index (χ2n) is 9.07. The van der Waals surface area contributed by atoms with Gasteiger partial charge in [-0.25, -0.2) is 0 Å². The second kappa shape index (κ2) is 37.6. The first-order chi connectivity index (χ1) is 19.4. The molecule has 10 nitrogen and oxygen atoms in total. The van der Waals surface area contributed by atoms with Gasteiger partial charge in [0.2, 0.25) is 0 Å². The highest BCUT2D eigenvalue weighted by Gasteiger charge is 1.96. The monoisotopic (exact) mass is 567 g/mol. The quantitative estimate of drug-likeness (QED) is 0.113. The maximum Gasteiger partial charge on any atom is 0.0701 e. The molecule has 0 saturated heterocycles. The molecule has 0 rings (SSSR count). The van der Waals surface area contributed by atoms with E-state index in [1.165, 1.54) is 0 Å². The molecule has 0 spiro atoms. The van der Waals surface area contributed by atoms with E-state index in [0.717, 1.165) is 104 Å². The minimum atomic E-state index is 0.541. The number of nitrogens with two attached hydrogens (primary N) is 1. The number of rotatable bonds is 36. The van der Waals surface area contributed by atoms with E-state index in [2.05, 4.69) is 0 Å². The summed E-state index contributed by atoms with van der Waals surface area (Å²) < 4.78 is 49.4. The molecule has 0 aliphatic carbocycles. The summed E-state index contributed by atoms with van der Waals surface area (Å²) in [6.07, 6.45) is 9.86.